The molecule has 1 saturated heterocycles. The lowest BCUT2D eigenvalue weighted by atomic mass is 10.0. The molecule has 1 aliphatic heterocycles. The molecule has 1 aromatic carbocycles. The molecule has 4 heteroatoms. The predicted molar refractivity (Wildman–Crippen MR) is 48.0 cm³/mol. The van der Waals surface area contributed by atoms with E-state index < -0.39 is 6.10 Å². The molecule has 0 spiro atoms. The molecule has 4 nitrogen and oxygen atoms in total. The van der Waals surface area contributed by atoms with Crippen molar-refractivity contribution in [2.24, 2.45) is 0 Å². The third-order valence-electron chi connectivity index (χ3n) is 2.23. The number of phenols is 1. The minimum absolute atomic E-state index is 0.211. The third-order valence-corrected chi connectivity index (χ3v) is 2.23. The molecule has 0 bridgehead atoms. The van der Waals surface area contributed by atoms with Gasteiger partial charge in [-0.1, -0.05) is 18.2 Å². The minimum Gasteiger partial charge on any atom is -0.508 e. The molecule has 1 fully saturated rings. The molecule has 4 N–H and O–H groups in total. The molecule has 2 unspecified atom stereocenters. The molecule has 1 aliphatic rings. The molecule has 0 aliphatic carbocycles. The fourth-order valence-corrected chi connectivity index (χ4v) is 1.52. The Morgan fingerprint density at radius 2 is 2.08 bits per heavy atom. The number of benzene rings is 1. The Kier molecular flexibility index (Phi) is 2.18. The number of hydrogen-bond acceptors (Lipinski definition) is 4. The largest absolute Gasteiger partial charge is 0.508 e. The zero-order valence-electron chi connectivity index (χ0n) is 7.07. The van der Waals surface area contributed by atoms with Crippen molar-refractivity contribution in [3.63, 3.8) is 0 Å². The van der Waals surface area contributed by atoms with Crippen LogP contribution in [0, 0.1) is 0 Å². The Balaban J connectivity index is 2.29. The quantitative estimate of drug-likeness (QED) is 0.487. The van der Waals surface area contributed by atoms with Crippen LogP contribution < -0.4 is 10.9 Å². The van der Waals surface area contributed by atoms with Crippen molar-refractivity contribution in [3.8, 4) is 5.75 Å². The highest BCUT2D eigenvalue weighted by Crippen LogP contribution is 2.27. The first kappa shape index (κ1) is 8.50. The van der Waals surface area contributed by atoms with Gasteiger partial charge >= 0.3 is 0 Å². The van der Waals surface area contributed by atoms with E-state index in [0.29, 0.717) is 6.54 Å². The Morgan fingerprint density at radius 1 is 1.31 bits per heavy atom. The van der Waals surface area contributed by atoms with Crippen molar-refractivity contribution in [3.05, 3.63) is 29.8 Å². The van der Waals surface area contributed by atoms with Gasteiger partial charge in [0, 0.05) is 12.1 Å². The van der Waals surface area contributed by atoms with E-state index in [2.05, 4.69) is 10.9 Å². The van der Waals surface area contributed by atoms with Gasteiger partial charge in [-0.05, 0) is 6.07 Å². The van der Waals surface area contributed by atoms with Gasteiger partial charge in [0.05, 0.1) is 12.1 Å². The second-order valence-electron chi connectivity index (χ2n) is 3.13. The molecular formula is C9H12N2O2. The fourth-order valence-electron chi connectivity index (χ4n) is 1.52. The number of nitrogens with one attached hydrogen (secondary N) is 2. The topological polar surface area (TPSA) is 64.5 Å². The molecule has 2 atom stereocenters. The van der Waals surface area contributed by atoms with Crippen LogP contribution in [0.3, 0.4) is 0 Å². The van der Waals surface area contributed by atoms with Gasteiger partial charge in [0.25, 0.3) is 0 Å². The summed E-state index contributed by atoms with van der Waals surface area (Å²) in [4.78, 5) is 0. The second-order valence-corrected chi connectivity index (χ2v) is 3.13. The number of hydrazine groups is 1. The molecule has 13 heavy (non-hydrogen) atoms. The number of aliphatic hydroxyl groups excluding tert-OH is 1. The smallest absolute Gasteiger partial charge is 0.120 e. The van der Waals surface area contributed by atoms with Crippen molar-refractivity contribution in [2.45, 2.75) is 12.1 Å². The maximum atomic E-state index is 9.53. The highest BCUT2D eigenvalue weighted by Gasteiger charge is 2.27. The van der Waals surface area contributed by atoms with E-state index in [-0.39, 0.29) is 11.8 Å². The average molecular weight is 180 g/mol. The van der Waals surface area contributed by atoms with Crippen LogP contribution in [0.2, 0.25) is 0 Å². The van der Waals surface area contributed by atoms with E-state index in [9.17, 15) is 10.2 Å². The maximum Gasteiger partial charge on any atom is 0.120 e. The van der Waals surface area contributed by atoms with Gasteiger partial charge in [-0.3, -0.25) is 5.43 Å². The number of hydrogen-bond donors (Lipinski definition) is 4. The standard InChI is InChI=1S/C9H12N2O2/c12-7-4-2-1-3-6(7)9-8(13)5-10-11-9/h1-4,8-13H,5H2. The maximum absolute atomic E-state index is 9.53. The molecule has 0 radical (unpaired) electrons. The number of rotatable bonds is 1. The van der Waals surface area contributed by atoms with Gasteiger partial charge in [-0.2, -0.15) is 0 Å². The molecule has 0 saturated carbocycles. The van der Waals surface area contributed by atoms with E-state index >= 15 is 0 Å². The normalized spacial score (nSPS) is 27.8. The molecular weight excluding hydrogens is 168 g/mol. The van der Waals surface area contributed by atoms with Gasteiger partial charge in [-0.15, -0.1) is 0 Å². The fraction of sp³-hybridized carbons (Fsp3) is 0.333. The summed E-state index contributed by atoms with van der Waals surface area (Å²) in [7, 11) is 0. The van der Waals surface area contributed by atoms with Gasteiger partial charge in [0.2, 0.25) is 0 Å². The van der Waals surface area contributed by atoms with Crippen LogP contribution in [-0.4, -0.2) is 22.9 Å². The SMILES string of the molecule is Oc1ccccc1C1NNCC1O. The summed E-state index contributed by atoms with van der Waals surface area (Å²) in [5.41, 5.74) is 6.46. The number of aliphatic hydroxyl groups is 1. The summed E-state index contributed by atoms with van der Waals surface area (Å²) in [6, 6.07) is 6.78. The van der Waals surface area contributed by atoms with Crippen LogP contribution >= 0.6 is 0 Å². The predicted octanol–water partition coefficient (Wildman–Crippen LogP) is -0.0980. The summed E-state index contributed by atoms with van der Waals surface area (Å²) in [5.74, 6) is 0.211. The summed E-state index contributed by atoms with van der Waals surface area (Å²) < 4.78 is 0. The van der Waals surface area contributed by atoms with Crippen LogP contribution in [0.4, 0.5) is 0 Å². The van der Waals surface area contributed by atoms with Crippen molar-refractivity contribution in [2.75, 3.05) is 6.54 Å². The number of aromatic hydroxyl groups is 1. The van der Waals surface area contributed by atoms with Crippen LogP contribution in [0.5, 0.6) is 5.75 Å². The van der Waals surface area contributed by atoms with Gasteiger partial charge in [-0.25, -0.2) is 5.43 Å². The highest BCUT2D eigenvalue weighted by molar-refractivity contribution is 5.35. The van der Waals surface area contributed by atoms with E-state index in [1.807, 2.05) is 6.07 Å². The summed E-state index contributed by atoms with van der Waals surface area (Å²) in [6.07, 6.45) is -0.492. The summed E-state index contributed by atoms with van der Waals surface area (Å²) in [5, 5.41) is 19.0. The number of phenolic OH excluding ortho intramolecular Hbond substituents is 1. The number of β-amino-alcohol motifs (C(OH)–C–C–N with tert-alkyl or cyclic N) is 1. The Labute approximate surface area is 76.2 Å². The highest BCUT2D eigenvalue weighted by atomic mass is 16.3. The summed E-state index contributed by atoms with van der Waals surface area (Å²) in [6.45, 7) is 0.499. The molecule has 1 heterocycles. The van der Waals surface area contributed by atoms with Crippen molar-refractivity contribution in [1.82, 2.24) is 10.9 Å². The molecule has 2 rings (SSSR count). The Morgan fingerprint density at radius 3 is 2.69 bits per heavy atom. The Bertz CT molecular complexity index is 303. The van der Waals surface area contributed by atoms with Gasteiger partial charge in [0.15, 0.2) is 0 Å². The lowest BCUT2D eigenvalue weighted by molar-refractivity contribution is 0.169. The third kappa shape index (κ3) is 1.51. The molecule has 1 aromatic rings. The Hall–Kier alpha value is -1.10. The first-order chi connectivity index (χ1) is 6.29. The van der Waals surface area contributed by atoms with E-state index in [1.165, 1.54) is 0 Å². The zero-order valence-corrected chi connectivity index (χ0v) is 7.07. The van der Waals surface area contributed by atoms with Crippen LogP contribution in [-0.2, 0) is 0 Å². The molecule has 0 aromatic heterocycles. The van der Waals surface area contributed by atoms with E-state index in [4.69, 9.17) is 0 Å². The monoisotopic (exact) mass is 180 g/mol. The minimum atomic E-state index is -0.492. The van der Waals surface area contributed by atoms with Crippen LogP contribution in [0.25, 0.3) is 0 Å². The molecule has 0 amide bonds. The second kappa shape index (κ2) is 3.33. The molecule has 70 valence electrons. The lowest BCUT2D eigenvalue weighted by Crippen LogP contribution is -2.25. The average Bonchev–Trinajstić information content (AvgIpc) is 2.52. The van der Waals surface area contributed by atoms with Crippen molar-refractivity contribution < 1.29 is 10.2 Å². The van der Waals surface area contributed by atoms with Gasteiger partial charge < -0.3 is 10.2 Å². The lowest BCUT2D eigenvalue weighted by Gasteiger charge is -2.14. The first-order valence-corrected chi connectivity index (χ1v) is 4.23. The first-order valence-electron chi connectivity index (χ1n) is 4.23. The van der Waals surface area contributed by atoms with Crippen LogP contribution in [0.15, 0.2) is 24.3 Å². The van der Waals surface area contributed by atoms with Crippen molar-refractivity contribution in [1.29, 1.82) is 0 Å². The van der Waals surface area contributed by atoms with Crippen molar-refractivity contribution >= 4 is 0 Å². The van der Waals surface area contributed by atoms with E-state index in [0.717, 1.165) is 5.56 Å². The number of para-hydroxylation sites is 1. The van der Waals surface area contributed by atoms with E-state index in [1.54, 1.807) is 18.2 Å². The summed E-state index contributed by atoms with van der Waals surface area (Å²) >= 11 is 0. The van der Waals surface area contributed by atoms with Crippen LogP contribution in [0.1, 0.15) is 11.6 Å². The zero-order chi connectivity index (χ0) is 9.26. The van der Waals surface area contributed by atoms with Gasteiger partial charge in [0.1, 0.15) is 5.75 Å².